The molecule has 1 aliphatic heterocycles. The molecule has 0 spiro atoms. The SMILES string of the molecule is CCN1C(=S)NC(c2cccc(NC(=O)Nc3ccccc3OC)c2)C(C(=O)OCCOC)=C1C. The lowest BCUT2D eigenvalue weighted by Gasteiger charge is -2.37. The van der Waals surface area contributed by atoms with E-state index in [1.165, 1.54) is 7.11 Å². The molecule has 186 valence electrons. The van der Waals surface area contributed by atoms with Gasteiger partial charge in [-0.1, -0.05) is 24.3 Å². The van der Waals surface area contributed by atoms with E-state index in [0.717, 1.165) is 11.3 Å². The van der Waals surface area contributed by atoms with E-state index in [9.17, 15) is 9.59 Å². The number of para-hydroxylation sites is 2. The molecular weight excluding hydrogens is 468 g/mol. The molecular formula is C25H30N4O5S. The quantitative estimate of drug-likeness (QED) is 0.270. The molecule has 35 heavy (non-hydrogen) atoms. The van der Waals surface area contributed by atoms with E-state index in [1.807, 2.05) is 30.9 Å². The van der Waals surface area contributed by atoms with Crippen LogP contribution in [0.1, 0.15) is 25.5 Å². The number of rotatable bonds is 9. The normalized spacial score (nSPS) is 15.4. The number of methoxy groups -OCH3 is 2. The number of nitrogens with zero attached hydrogens (tertiary/aromatic N) is 1. The van der Waals surface area contributed by atoms with Crippen molar-refractivity contribution in [3.63, 3.8) is 0 Å². The van der Waals surface area contributed by atoms with Gasteiger partial charge in [0.25, 0.3) is 0 Å². The molecule has 3 rings (SSSR count). The second kappa shape index (κ2) is 12.2. The van der Waals surface area contributed by atoms with E-state index in [2.05, 4.69) is 16.0 Å². The number of nitrogens with one attached hydrogen (secondary N) is 3. The number of urea groups is 1. The molecule has 0 radical (unpaired) electrons. The highest BCUT2D eigenvalue weighted by atomic mass is 32.1. The summed E-state index contributed by atoms with van der Waals surface area (Å²) in [6.45, 7) is 4.84. The summed E-state index contributed by atoms with van der Waals surface area (Å²) < 4.78 is 15.7. The summed E-state index contributed by atoms with van der Waals surface area (Å²) in [7, 11) is 3.08. The van der Waals surface area contributed by atoms with Gasteiger partial charge in [-0.25, -0.2) is 9.59 Å². The van der Waals surface area contributed by atoms with E-state index < -0.39 is 18.0 Å². The maximum absolute atomic E-state index is 13.0. The number of amides is 2. The zero-order valence-corrected chi connectivity index (χ0v) is 21.0. The van der Waals surface area contributed by atoms with E-state index in [-0.39, 0.29) is 6.61 Å². The predicted octanol–water partition coefficient (Wildman–Crippen LogP) is 4.05. The minimum Gasteiger partial charge on any atom is -0.495 e. The van der Waals surface area contributed by atoms with Crippen molar-refractivity contribution in [1.29, 1.82) is 0 Å². The zero-order valence-electron chi connectivity index (χ0n) is 20.2. The first-order valence-corrected chi connectivity index (χ1v) is 11.6. The van der Waals surface area contributed by atoms with Crippen LogP contribution in [0, 0.1) is 0 Å². The van der Waals surface area contributed by atoms with Crippen LogP contribution in [0.15, 0.2) is 59.8 Å². The van der Waals surface area contributed by atoms with Crippen LogP contribution in [0.4, 0.5) is 16.2 Å². The zero-order chi connectivity index (χ0) is 25.4. The van der Waals surface area contributed by atoms with Crippen molar-refractivity contribution >= 4 is 40.7 Å². The molecule has 0 bridgehead atoms. The standard InChI is InChI=1S/C25H30N4O5S/c1-5-29-16(2)21(23(30)34-14-13-32-3)22(28-25(29)35)17-9-8-10-18(15-17)26-24(31)27-19-11-6-7-12-20(19)33-4/h6-12,15,22H,5,13-14H2,1-4H3,(H,28,35)(H2,26,27,31). The molecule has 2 aromatic carbocycles. The fraction of sp³-hybridized carbons (Fsp3) is 0.320. The number of hydrogen-bond acceptors (Lipinski definition) is 6. The van der Waals surface area contributed by atoms with Crippen molar-refractivity contribution in [3.8, 4) is 5.75 Å². The molecule has 0 saturated carbocycles. The first-order chi connectivity index (χ1) is 16.9. The summed E-state index contributed by atoms with van der Waals surface area (Å²) >= 11 is 5.54. The minimum atomic E-state index is -0.542. The largest absolute Gasteiger partial charge is 0.495 e. The van der Waals surface area contributed by atoms with Gasteiger partial charge in [0.05, 0.1) is 31.0 Å². The van der Waals surface area contributed by atoms with E-state index in [4.69, 9.17) is 26.4 Å². The van der Waals surface area contributed by atoms with Crippen LogP contribution in [0.5, 0.6) is 5.75 Å². The summed E-state index contributed by atoms with van der Waals surface area (Å²) in [6.07, 6.45) is 0. The average Bonchev–Trinajstić information content (AvgIpc) is 2.84. The van der Waals surface area contributed by atoms with Crippen molar-refractivity contribution in [3.05, 3.63) is 65.4 Å². The smallest absolute Gasteiger partial charge is 0.338 e. The number of ether oxygens (including phenoxy) is 3. The van der Waals surface area contributed by atoms with Crippen molar-refractivity contribution in [2.75, 3.05) is 44.6 Å². The van der Waals surface area contributed by atoms with Gasteiger partial charge in [0, 0.05) is 25.0 Å². The van der Waals surface area contributed by atoms with Gasteiger partial charge < -0.3 is 35.1 Å². The Kier molecular flexibility index (Phi) is 9.04. The number of thiocarbonyl (C=S) groups is 1. The molecule has 1 aliphatic rings. The van der Waals surface area contributed by atoms with Gasteiger partial charge in [0.1, 0.15) is 12.4 Å². The Balaban J connectivity index is 1.85. The summed E-state index contributed by atoms with van der Waals surface area (Å²) in [5, 5.41) is 9.36. The number of hydrogen-bond donors (Lipinski definition) is 3. The van der Waals surface area contributed by atoms with E-state index >= 15 is 0 Å². The third-order valence-electron chi connectivity index (χ3n) is 5.49. The average molecular weight is 499 g/mol. The van der Waals surface area contributed by atoms with Crippen LogP contribution in [-0.2, 0) is 14.3 Å². The molecule has 2 amide bonds. The van der Waals surface area contributed by atoms with Crippen LogP contribution < -0.4 is 20.7 Å². The van der Waals surface area contributed by atoms with Gasteiger partial charge in [-0.05, 0) is 55.9 Å². The lowest BCUT2D eigenvalue weighted by molar-refractivity contribution is -0.140. The summed E-state index contributed by atoms with van der Waals surface area (Å²) in [6, 6.07) is 13.4. The van der Waals surface area contributed by atoms with Crippen molar-refractivity contribution in [2.45, 2.75) is 19.9 Å². The van der Waals surface area contributed by atoms with E-state index in [1.54, 1.807) is 43.5 Å². The number of carbonyl (C=O) groups excluding carboxylic acids is 2. The topological polar surface area (TPSA) is 101 Å². The fourth-order valence-corrected chi connectivity index (χ4v) is 4.18. The number of carbonyl (C=O) groups is 2. The van der Waals surface area contributed by atoms with Crippen LogP contribution in [0.2, 0.25) is 0 Å². The first kappa shape index (κ1) is 26.0. The minimum absolute atomic E-state index is 0.139. The Bertz CT molecular complexity index is 1120. The molecule has 1 unspecified atom stereocenters. The fourth-order valence-electron chi connectivity index (χ4n) is 3.80. The number of anilines is 2. The Morgan fingerprint density at radius 1 is 1.09 bits per heavy atom. The van der Waals surface area contributed by atoms with Gasteiger partial charge in [-0.15, -0.1) is 0 Å². The highest BCUT2D eigenvalue weighted by molar-refractivity contribution is 7.80. The second-order valence-electron chi connectivity index (χ2n) is 7.66. The van der Waals surface area contributed by atoms with Crippen molar-refractivity contribution in [1.82, 2.24) is 10.2 Å². The van der Waals surface area contributed by atoms with Gasteiger partial charge in [-0.2, -0.15) is 0 Å². The summed E-state index contributed by atoms with van der Waals surface area (Å²) in [4.78, 5) is 27.5. The van der Waals surface area contributed by atoms with Gasteiger partial charge in [0.15, 0.2) is 5.11 Å². The van der Waals surface area contributed by atoms with Gasteiger partial charge in [0.2, 0.25) is 0 Å². The van der Waals surface area contributed by atoms with Crippen molar-refractivity contribution < 1.29 is 23.8 Å². The number of benzene rings is 2. The van der Waals surface area contributed by atoms with Crippen molar-refractivity contribution in [2.24, 2.45) is 0 Å². The third-order valence-corrected chi connectivity index (χ3v) is 5.82. The van der Waals surface area contributed by atoms with Crippen LogP contribution in [0.3, 0.4) is 0 Å². The molecule has 9 nitrogen and oxygen atoms in total. The Morgan fingerprint density at radius 2 is 1.86 bits per heavy atom. The molecule has 3 N–H and O–H groups in total. The summed E-state index contributed by atoms with van der Waals surface area (Å²) in [5.41, 5.74) is 3.01. The van der Waals surface area contributed by atoms with Crippen LogP contribution in [-0.4, -0.2) is 56.0 Å². The molecule has 1 heterocycles. The third kappa shape index (κ3) is 6.28. The predicted molar refractivity (Wildman–Crippen MR) is 138 cm³/mol. The molecule has 0 fully saturated rings. The molecule has 2 aromatic rings. The lowest BCUT2D eigenvalue weighted by Crippen LogP contribution is -2.47. The maximum atomic E-state index is 13.0. The first-order valence-electron chi connectivity index (χ1n) is 11.1. The maximum Gasteiger partial charge on any atom is 0.338 e. The Hall–Kier alpha value is -3.63. The molecule has 10 heteroatoms. The Morgan fingerprint density at radius 3 is 2.57 bits per heavy atom. The van der Waals surface area contributed by atoms with Gasteiger partial charge in [-0.3, -0.25) is 0 Å². The monoisotopic (exact) mass is 498 g/mol. The number of esters is 1. The van der Waals surface area contributed by atoms with Crippen LogP contribution >= 0.6 is 12.2 Å². The van der Waals surface area contributed by atoms with Gasteiger partial charge >= 0.3 is 12.0 Å². The highest BCUT2D eigenvalue weighted by Crippen LogP contribution is 2.32. The van der Waals surface area contributed by atoms with E-state index in [0.29, 0.717) is 41.0 Å². The molecule has 0 saturated heterocycles. The number of allylic oxidation sites excluding steroid dienone is 1. The summed E-state index contributed by atoms with van der Waals surface area (Å²) in [5.74, 6) is 0.0966. The molecule has 1 atom stereocenters. The highest BCUT2D eigenvalue weighted by Gasteiger charge is 2.34. The molecule has 0 aromatic heterocycles. The molecule has 0 aliphatic carbocycles. The van der Waals surface area contributed by atoms with Crippen LogP contribution in [0.25, 0.3) is 0 Å². The Labute approximate surface area is 210 Å². The lowest BCUT2D eigenvalue weighted by atomic mass is 9.94. The second-order valence-corrected chi connectivity index (χ2v) is 8.05.